The van der Waals surface area contributed by atoms with Crippen LogP contribution in [0, 0.1) is 0 Å². The third kappa shape index (κ3) is 4.30. The lowest BCUT2D eigenvalue weighted by Gasteiger charge is -2.47. The van der Waals surface area contributed by atoms with E-state index in [0.29, 0.717) is 17.6 Å². The SMILES string of the molecule is C=C(/C=C\C(=C/C)C(=O)OC)[C@H]1C2Nc3ccccc3C2C[C@H](C(=O)OC)N1C(=O)CCl. The minimum absolute atomic E-state index is 0.0355. The number of hydrogen-bond donors (Lipinski definition) is 1. The van der Waals surface area contributed by atoms with Gasteiger partial charge in [0.25, 0.3) is 0 Å². The Balaban J connectivity index is 2.05. The molecule has 0 radical (unpaired) electrons. The second-order valence-electron chi connectivity index (χ2n) is 7.66. The molecule has 1 N–H and O–H groups in total. The molecule has 2 unspecified atom stereocenters. The van der Waals surface area contributed by atoms with Crippen molar-refractivity contribution >= 4 is 35.1 Å². The molecule has 1 saturated heterocycles. The van der Waals surface area contributed by atoms with E-state index in [9.17, 15) is 14.4 Å². The largest absolute Gasteiger partial charge is 0.467 e. The van der Waals surface area contributed by atoms with Crippen molar-refractivity contribution < 1.29 is 23.9 Å². The van der Waals surface area contributed by atoms with E-state index >= 15 is 0 Å². The minimum atomic E-state index is -0.808. The molecular weight excluding hydrogens is 432 g/mol. The van der Waals surface area contributed by atoms with Gasteiger partial charge >= 0.3 is 11.9 Å². The Bertz CT molecular complexity index is 986. The number of carbonyl (C=O) groups excluding carboxylic acids is 3. The summed E-state index contributed by atoms with van der Waals surface area (Å²) in [6.45, 7) is 5.91. The minimum Gasteiger partial charge on any atom is -0.467 e. The summed E-state index contributed by atoms with van der Waals surface area (Å²) >= 11 is 5.93. The van der Waals surface area contributed by atoms with Crippen LogP contribution in [0.4, 0.5) is 5.69 Å². The van der Waals surface area contributed by atoms with Crippen LogP contribution in [-0.2, 0) is 23.9 Å². The Hall–Kier alpha value is -3.06. The maximum absolute atomic E-state index is 12.9. The number of alkyl halides is 1. The predicted molar refractivity (Wildman–Crippen MR) is 122 cm³/mol. The van der Waals surface area contributed by atoms with Crippen LogP contribution in [0.5, 0.6) is 0 Å². The monoisotopic (exact) mass is 458 g/mol. The molecule has 3 rings (SSSR count). The van der Waals surface area contributed by atoms with E-state index in [4.69, 9.17) is 21.1 Å². The molecule has 0 bridgehead atoms. The number of nitrogens with one attached hydrogen (secondary N) is 1. The average Bonchev–Trinajstić information content (AvgIpc) is 3.19. The maximum atomic E-state index is 12.9. The number of likely N-dealkylation sites (tertiary alicyclic amines) is 1. The first kappa shape index (κ1) is 23.6. The standard InChI is InChI=1S/C24H27ClN2O5/c1-5-15(23(29)31-3)11-10-14(2)22-21-17(16-8-6-7-9-18(16)26-21)12-19(24(30)32-4)27(22)20(28)13-25/h5-11,17,19,21-22,26H,2,12-13H2,1,3-4H3/b11-10-,15-5+/t17?,19-,21?,22+/m1/s1. The van der Waals surface area contributed by atoms with Gasteiger partial charge in [-0.1, -0.05) is 36.9 Å². The molecule has 2 aliphatic rings. The zero-order valence-electron chi connectivity index (χ0n) is 18.3. The molecule has 1 aromatic rings. The van der Waals surface area contributed by atoms with Crippen molar-refractivity contribution in [1.82, 2.24) is 4.90 Å². The first-order chi connectivity index (χ1) is 15.4. The highest BCUT2D eigenvalue weighted by Gasteiger charge is 2.51. The van der Waals surface area contributed by atoms with Gasteiger partial charge in [-0.15, -0.1) is 11.6 Å². The first-order valence-electron chi connectivity index (χ1n) is 10.3. The molecule has 170 valence electrons. The Morgan fingerprint density at radius 2 is 1.94 bits per heavy atom. The van der Waals surface area contributed by atoms with Crippen molar-refractivity contribution in [3.8, 4) is 0 Å². The van der Waals surface area contributed by atoms with Crippen LogP contribution in [0.1, 0.15) is 24.8 Å². The van der Waals surface area contributed by atoms with Gasteiger partial charge in [-0.2, -0.15) is 0 Å². The summed E-state index contributed by atoms with van der Waals surface area (Å²) in [6.07, 6.45) is 5.30. The number of halogens is 1. The molecule has 1 amide bonds. The highest BCUT2D eigenvalue weighted by molar-refractivity contribution is 6.27. The molecular formula is C24H27ClN2O5. The van der Waals surface area contributed by atoms with Gasteiger partial charge in [0.2, 0.25) is 5.91 Å². The number of ether oxygens (including phenoxy) is 2. The van der Waals surface area contributed by atoms with Gasteiger partial charge in [0.15, 0.2) is 0 Å². The highest BCUT2D eigenvalue weighted by atomic mass is 35.5. The van der Waals surface area contributed by atoms with Crippen molar-refractivity contribution in [3.05, 3.63) is 65.8 Å². The third-order valence-corrected chi connectivity index (χ3v) is 6.26. The Morgan fingerprint density at radius 1 is 1.22 bits per heavy atom. The Kier molecular flexibility index (Phi) is 7.40. The number of hydrogen-bond acceptors (Lipinski definition) is 6. The van der Waals surface area contributed by atoms with E-state index in [1.165, 1.54) is 19.1 Å². The van der Waals surface area contributed by atoms with Crippen LogP contribution in [0.15, 0.2) is 60.2 Å². The van der Waals surface area contributed by atoms with Gasteiger partial charge in [-0.3, -0.25) is 4.79 Å². The van der Waals surface area contributed by atoms with Crippen molar-refractivity contribution in [2.24, 2.45) is 0 Å². The molecule has 0 spiro atoms. The number of rotatable bonds is 6. The van der Waals surface area contributed by atoms with Crippen molar-refractivity contribution in [1.29, 1.82) is 0 Å². The van der Waals surface area contributed by atoms with E-state index in [2.05, 4.69) is 11.9 Å². The maximum Gasteiger partial charge on any atom is 0.337 e. The molecule has 0 aliphatic carbocycles. The molecule has 1 aromatic carbocycles. The van der Waals surface area contributed by atoms with E-state index in [-0.39, 0.29) is 17.8 Å². The normalized spacial score (nSPS) is 24.4. The molecule has 0 aromatic heterocycles. The number of nitrogens with zero attached hydrogens (tertiary/aromatic N) is 1. The number of anilines is 1. The number of benzene rings is 1. The predicted octanol–water partition coefficient (Wildman–Crippen LogP) is 3.18. The molecule has 7 nitrogen and oxygen atoms in total. The van der Waals surface area contributed by atoms with E-state index in [1.807, 2.05) is 24.3 Å². The van der Waals surface area contributed by atoms with Gasteiger partial charge in [0, 0.05) is 11.6 Å². The fourth-order valence-corrected chi connectivity index (χ4v) is 4.71. The second kappa shape index (κ2) is 10.0. The summed E-state index contributed by atoms with van der Waals surface area (Å²) in [5, 5.41) is 3.50. The topological polar surface area (TPSA) is 84.9 Å². The van der Waals surface area contributed by atoms with Gasteiger partial charge in [-0.25, -0.2) is 9.59 Å². The number of carbonyl (C=O) groups is 3. The van der Waals surface area contributed by atoms with E-state index in [1.54, 1.807) is 25.2 Å². The number of methoxy groups -OCH3 is 2. The van der Waals surface area contributed by atoms with Gasteiger partial charge < -0.3 is 19.7 Å². The molecule has 8 heteroatoms. The molecule has 2 heterocycles. The molecule has 0 saturated carbocycles. The third-order valence-electron chi connectivity index (χ3n) is 6.03. The lowest BCUT2D eigenvalue weighted by Crippen LogP contribution is -2.62. The summed E-state index contributed by atoms with van der Waals surface area (Å²) in [4.78, 5) is 39.0. The van der Waals surface area contributed by atoms with Crippen LogP contribution in [0.3, 0.4) is 0 Å². The first-order valence-corrected chi connectivity index (χ1v) is 10.8. The van der Waals surface area contributed by atoms with Crippen LogP contribution in [-0.4, -0.2) is 61.0 Å². The summed E-state index contributed by atoms with van der Waals surface area (Å²) < 4.78 is 9.82. The number of fused-ring (bicyclic) bond motifs is 3. The van der Waals surface area contributed by atoms with Gasteiger partial charge in [0.05, 0.1) is 31.9 Å². The summed E-state index contributed by atoms with van der Waals surface area (Å²) in [6, 6.07) is 6.27. The van der Waals surface area contributed by atoms with Crippen LogP contribution in [0.2, 0.25) is 0 Å². The smallest absolute Gasteiger partial charge is 0.337 e. The molecule has 32 heavy (non-hydrogen) atoms. The van der Waals surface area contributed by atoms with Gasteiger partial charge in [0.1, 0.15) is 11.9 Å². The average molecular weight is 459 g/mol. The summed E-state index contributed by atoms with van der Waals surface area (Å²) in [7, 11) is 2.61. The van der Waals surface area contributed by atoms with E-state index in [0.717, 1.165) is 11.3 Å². The number of allylic oxidation sites excluding steroid dienone is 1. The lowest BCUT2D eigenvalue weighted by atomic mass is 9.77. The number of piperidine rings is 1. The molecule has 2 aliphatic heterocycles. The fourth-order valence-electron chi connectivity index (χ4n) is 4.57. The van der Waals surface area contributed by atoms with Gasteiger partial charge in [-0.05, 0) is 36.6 Å². The molecule has 1 fully saturated rings. The van der Waals surface area contributed by atoms with Crippen LogP contribution >= 0.6 is 11.6 Å². The van der Waals surface area contributed by atoms with Crippen molar-refractivity contribution in [2.45, 2.75) is 37.4 Å². The Morgan fingerprint density at radius 3 is 2.56 bits per heavy atom. The summed E-state index contributed by atoms with van der Waals surface area (Å²) in [5.74, 6) is -1.70. The van der Waals surface area contributed by atoms with Crippen molar-refractivity contribution in [3.63, 3.8) is 0 Å². The van der Waals surface area contributed by atoms with Crippen LogP contribution < -0.4 is 5.32 Å². The zero-order chi connectivity index (χ0) is 23.4. The number of amides is 1. The second-order valence-corrected chi connectivity index (χ2v) is 7.93. The fraction of sp³-hybridized carbons (Fsp3) is 0.375. The quantitative estimate of drug-likeness (QED) is 0.305. The molecule has 4 atom stereocenters. The zero-order valence-corrected chi connectivity index (χ0v) is 19.1. The number of para-hydroxylation sites is 1. The lowest BCUT2D eigenvalue weighted by molar-refractivity contribution is -0.156. The Labute approximate surface area is 192 Å². The van der Waals surface area contributed by atoms with E-state index < -0.39 is 29.9 Å². The highest BCUT2D eigenvalue weighted by Crippen LogP contribution is 2.46. The summed E-state index contributed by atoms with van der Waals surface area (Å²) in [5.41, 5.74) is 2.94. The van der Waals surface area contributed by atoms with Crippen molar-refractivity contribution in [2.75, 3.05) is 25.4 Å². The number of esters is 2. The van der Waals surface area contributed by atoms with Crippen LogP contribution in [0.25, 0.3) is 0 Å².